The van der Waals surface area contributed by atoms with Gasteiger partial charge in [-0.25, -0.2) is 4.79 Å². The van der Waals surface area contributed by atoms with Crippen molar-refractivity contribution >= 4 is 6.09 Å². The standard InChI is InChI=1S/C6H12N2O3/c1-10-5-2-3-8(4-5)6(9)11-7/h5H,2-4,7H2,1H3. The Morgan fingerprint density at radius 1 is 1.73 bits per heavy atom. The van der Waals surface area contributed by atoms with Crippen LogP contribution in [-0.4, -0.2) is 37.3 Å². The van der Waals surface area contributed by atoms with E-state index < -0.39 is 6.09 Å². The molecule has 5 heteroatoms. The zero-order chi connectivity index (χ0) is 8.27. The Labute approximate surface area is 65.0 Å². The first-order chi connectivity index (χ1) is 5.27. The van der Waals surface area contributed by atoms with Gasteiger partial charge in [0.2, 0.25) is 0 Å². The zero-order valence-corrected chi connectivity index (χ0v) is 6.45. The Morgan fingerprint density at radius 3 is 2.91 bits per heavy atom. The van der Waals surface area contributed by atoms with Crippen LogP contribution in [0.1, 0.15) is 6.42 Å². The average molecular weight is 160 g/mol. The van der Waals surface area contributed by atoms with Gasteiger partial charge in [-0.1, -0.05) is 0 Å². The Morgan fingerprint density at radius 2 is 2.45 bits per heavy atom. The van der Waals surface area contributed by atoms with Crippen LogP contribution < -0.4 is 5.90 Å². The Bertz CT molecular complexity index is 151. The van der Waals surface area contributed by atoms with E-state index in [0.29, 0.717) is 13.1 Å². The number of amides is 1. The summed E-state index contributed by atoms with van der Waals surface area (Å²) in [6, 6.07) is 0. The highest BCUT2D eigenvalue weighted by atomic mass is 16.7. The maximum atomic E-state index is 10.8. The molecule has 1 atom stereocenters. The van der Waals surface area contributed by atoms with Crippen molar-refractivity contribution in [2.75, 3.05) is 20.2 Å². The number of rotatable bonds is 1. The van der Waals surface area contributed by atoms with Crippen molar-refractivity contribution in [2.45, 2.75) is 12.5 Å². The monoisotopic (exact) mass is 160 g/mol. The first-order valence-corrected chi connectivity index (χ1v) is 3.46. The molecular formula is C6H12N2O3. The predicted molar refractivity (Wildman–Crippen MR) is 37.7 cm³/mol. The molecule has 0 radical (unpaired) electrons. The summed E-state index contributed by atoms with van der Waals surface area (Å²) in [5.74, 6) is 4.71. The van der Waals surface area contributed by atoms with Gasteiger partial charge < -0.3 is 14.5 Å². The van der Waals surface area contributed by atoms with Gasteiger partial charge in [-0.05, 0) is 6.42 Å². The fourth-order valence-electron chi connectivity index (χ4n) is 1.16. The number of carbonyl (C=O) groups excluding carboxylic acids is 1. The zero-order valence-electron chi connectivity index (χ0n) is 6.45. The Kier molecular flexibility index (Phi) is 2.67. The van der Waals surface area contributed by atoms with Crippen LogP contribution >= 0.6 is 0 Å². The second-order valence-corrected chi connectivity index (χ2v) is 2.48. The smallest absolute Gasteiger partial charge is 0.380 e. The van der Waals surface area contributed by atoms with Crippen molar-refractivity contribution < 1.29 is 14.4 Å². The maximum Gasteiger partial charge on any atom is 0.428 e. The number of methoxy groups -OCH3 is 1. The van der Waals surface area contributed by atoms with Crippen LogP contribution in [-0.2, 0) is 9.57 Å². The molecule has 64 valence electrons. The molecule has 0 spiro atoms. The molecule has 1 aliphatic rings. The molecular weight excluding hydrogens is 148 g/mol. The van der Waals surface area contributed by atoms with Gasteiger partial charge in [-0.3, -0.25) is 0 Å². The first kappa shape index (κ1) is 8.29. The number of nitrogens with two attached hydrogens (primary N) is 1. The van der Waals surface area contributed by atoms with Gasteiger partial charge in [0.1, 0.15) is 0 Å². The molecule has 1 heterocycles. The van der Waals surface area contributed by atoms with Crippen LogP contribution in [0, 0.1) is 0 Å². The van der Waals surface area contributed by atoms with E-state index in [9.17, 15) is 4.79 Å². The minimum atomic E-state index is -0.482. The van der Waals surface area contributed by atoms with Crippen LogP contribution in [0.5, 0.6) is 0 Å². The molecule has 1 unspecified atom stereocenters. The van der Waals surface area contributed by atoms with Crippen molar-refractivity contribution in [1.82, 2.24) is 4.90 Å². The van der Waals surface area contributed by atoms with Gasteiger partial charge in [-0.15, -0.1) is 0 Å². The summed E-state index contributed by atoms with van der Waals surface area (Å²) in [6.45, 7) is 1.24. The van der Waals surface area contributed by atoms with E-state index >= 15 is 0 Å². The molecule has 1 amide bonds. The van der Waals surface area contributed by atoms with Crippen LogP contribution in [0.2, 0.25) is 0 Å². The summed E-state index contributed by atoms with van der Waals surface area (Å²) >= 11 is 0. The van der Waals surface area contributed by atoms with Crippen LogP contribution in [0.15, 0.2) is 0 Å². The van der Waals surface area contributed by atoms with Crippen molar-refractivity contribution in [1.29, 1.82) is 0 Å². The summed E-state index contributed by atoms with van der Waals surface area (Å²) in [5, 5.41) is 0. The van der Waals surface area contributed by atoms with E-state index in [1.807, 2.05) is 0 Å². The minimum absolute atomic E-state index is 0.133. The molecule has 0 aromatic rings. The van der Waals surface area contributed by atoms with Crippen LogP contribution in [0.3, 0.4) is 0 Å². The number of hydrogen-bond donors (Lipinski definition) is 1. The third kappa shape index (κ3) is 1.81. The Hall–Kier alpha value is -0.810. The van der Waals surface area contributed by atoms with E-state index in [-0.39, 0.29) is 6.10 Å². The van der Waals surface area contributed by atoms with E-state index in [2.05, 4.69) is 4.84 Å². The van der Waals surface area contributed by atoms with Crippen LogP contribution in [0.25, 0.3) is 0 Å². The molecule has 0 bridgehead atoms. The van der Waals surface area contributed by atoms with Crippen molar-refractivity contribution in [3.05, 3.63) is 0 Å². The molecule has 1 saturated heterocycles. The van der Waals surface area contributed by atoms with Gasteiger partial charge in [0.15, 0.2) is 0 Å². The third-order valence-corrected chi connectivity index (χ3v) is 1.84. The highest BCUT2D eigenvalue weighted by molar-refractivity contribution is 5.67. The molecule has 1 aliphatic heterocycles. The number of nitrogens with zero attached hydrogens (tertiary/aromatic N) is 1. The minimum Gasteiger partial charge on any atom is -0.380 e. The Balaban J connectivity index is 2.35. The topological polar surface area (TPSA) is 64.8 Å². The summed E-state index contributed by atoms with van der Waals surface area (Å²) in [5.41, 5.74) is 0. The fraction of sp³-hybridized carbons (Fsp3) is 0.833. The number of carbonyl (C=O) groups is 1. The number of hydrogen-bond acceptors (Lipinski definition) is 4. The fourth-order valence-corrected chi connectivity index (χ4v) is 1.16. The number of ether oxygens (including phenoxy) is 1. The number of likely N-dealkylation sites (tertiary alicyclic amines) is 1. The lowest BCUT2D eigenvalue weighted by Gasteiger charge is -2.12. The second kappa shape index (κ2) is 3.54. The molecule has 1 rings (SSSR count). The molecule has 0 aromatic carbocycles. The van der Waals surface area contributed by atoms with E-state index in [0.717, 1.165) is 6.42 Å². The second-order valence-electron chi connectivity index (χ2n) is 2.48. The normalized spacial score (nSPS) is 23.8. The maximum absolute atomic E-state index is 10.8. The lowest BCUT2D eigenvalue weighted by atomic mass is 10.3. The quantitative estimate of drug-likeness (QED) is 0.536. The van der Waals surface area contributed by atoms with Crippen molar-refractivity contribution in [2.24, 2.45) is 5.90 Å². The summed E-state index contributed by atoms with van der Waals surface area (Å²) < 4.78 is 5.05. The van der Waals surface area contributed by atoms with Crippen molar-refractivity contribution in [3.8, 4) is 0 Å². The lowest BCUT2D eigenvalue weighted by Crippen LogP contribution is -2.32. The molecule has 2 N–H and O–H groups in total. The third-order valence-electron chi connectivity index (χ3n) is 1.84. The van der Waals surface area contributed by atoms with Gasteiger partial charge in [0.05, 0.1) is 12.6 Å². The molecule has 0 saturated carbocycles. The molecule has 1 fully saturated rings. The predicted octanol–water partition coefficient (Wildman–Crippen LogP) is -0.283. The van der Waals surface area contributed by atoms with Gasteiger partial charge >= 0.3 is 6.09 Å². The molecule has 11 heavy (non-hydrogen) atoms. The largest absolute Gasteiger partial charge is 0.428 e. The van der Waals surface area contributed by atoms with Gasteiger partial charge in [0, 0.05) is 13.7 Å². The van der Waals surface area contributed by atoms with Gasteiger partial charge in [-0.2, -0.15) is 5.90 Å². The first-order valence-electron chi connectivity index (χ1n) is 3.46. The molecule has 0 aromatic heterocycles. The van der Waals surface area contributed by atoms with E-state index in [1.54, 1.807) is 7.11 Å². The summed E-state index contributed by atoms with van der Waals surface area (Å²) in [4.78, 5) is 16.4. The van der Waals surface area contributed by atoms with Crippen molar-refractivity contribution in [3.63, 3.8) is 0 Å². The van der Waals surface area contributed by atoms with E-state index in [1.165, 1.54) is 4.90 Å². The van der Waals surface area contributed by atoms with Crippen LogP contribution in [0.4, 0.5) is 4.79 Å². The average Bonchev–Trinajstić information content (AvgIpc) is 2.50. The molecule has 0 aliphatic carbocycles. The summed E-state index contributed by atoms with van der Waals surface area (Å²) in [6.07, 6.45) is 0.504. The highest BCUT2D eigenvalue weighted by Gasteiger charge is 2.26. The molecule has 5 nitrogen and oxygen atoms in total. The highest BCUT2D eigenvalue weighted by Crippen LogP contribution is 2.11. The lowest BCUT2D eigenvalue weighted by molar-refractivity contribution is 0.0885. The summed E-state index contributed by atoms with van der Waals surface area (Å²) in [7, 11) is 1.63. The van der Waals surface area contributed by atoms with Gasteiger partial charge in [0.25, 0.3) is 0 Å². The van der Waals surface area contributed by atoms with E-state index in [4.69, 9.17) is 10.6 Å². The SMILES string of the molecule is COC1CCN(C(=O)ON)C1.